The van der Waals surface area contributed by atoms with Crippen LogP contribution in [0.4, 0.5) is 5.69 Å². The quantitative estimate of drug-likeness (QED) is 0.445. The second-order valence-corrected chi connectivity index (χ2v) is 4.09. The lowest BCUT2D eigenvalue weighted by Crippen LogP contribution is -2.23. The van der Waals surface area contributed by atoms with Crippen molar-refractivity contribution in [3.8, 4) is 0 Å². The Morgan fingerprint density at radius 1 is 1.53 bits per heavy atom. The number of hydrogen-bond donors (Lipinski definition) is 0. The van der Waals surface area contributed by atoms with Crippen LogP contribution >= 0.6 is 0 Å². The first-order chi connectivity index (χ1) is 8.35. The van der Waals surface area contributed by atoms with Crippen molar-refractivity contribution in [1.82, 2.24) is 0 Å². The molecule has 5 nitrogen and oxygen atoms in total. The number of ether oxygens (including phenoxy) is 1. The molecule has 0 unspecified atom stereocenters. The molecule has 5 heteroatoms. The number of fused-ring (bicyclic) bond motifs is 1. The summed E-state index contributed by atoms with van der Waals surface area (Å²) in [7, 11) is 1.71. The maximum absolute atomic E-state index is 8.26. The van der Waals surface area contributed by atoms with E-state index in [9.17, 15) is 0 Å². The molecule has 0 spiro atoms. The predicted octanol–water partition coefficient (Wildman–Crippen LogP) is 2.51. The molecule has 1 aliphatic heterocycles. The summed E-state index contributed by atoms with van der Waals surface area (Å²) in [5, 5.41) is 3.57. The van der Waals surface area contributed by atoms with Gasteiger partial charge in [-0.2, -0.15) is 0 Å². The van der Waals surface area contributed by atoms with Crippen LogP contribution in [-0.4, -0.2) is 26.7 Å². The van der Waals surface area contributed by atoms with Crippen molar-refractivity contribution in [2.75, 3.05) is 31.6 Å². The van der Waals surface area contributed by atoms with Gasteiger partial charge in [-0.05, 0) is 29.1 Å². The summed E-state index contributed by atoms with van der Waals surface area (Å²) in [6.07, 6.45) is 1.06. The van der Waals surface area contributed by atoms with Crippen molar-refractivity contribution in [3.05, 3.63) is 39.8 Å². The fraction of sp³-hybridized carbons (Fsp3) is 0.500. The Bertz CT molecular complexity index is 440. The maximum atomic E-state index is 8.26. The van der Waals surface area contributed by atoms with Crippen LogP contribution < -0.4 is 4.90 Å². The maximum Gasteiger partial charge on any atom is 0.0713 e. The molecule has 1 aliphatic rings. The Hall–Kier alpha value is -1.71. The van der Waals surface area contributed by atoms with Crippen LogP contribution in [0.1, 0.15) is 11.1 Å². The molecule has 0 bridgehead atoms. The van der Waals surface area contributed by atoms with E-state index in [2.05, 4.69) is 33.1 Å². The van der Waals surface area contributed by atoms with Gasteiger partial charge in [-0.25, -0.2) is 0 Å². The first-order valence-electron chi connectivity index (χ1n) is 5.71. The minimum absolute atomic E-state index is 0.524. The lowest BCUT2D eigenvalue weighted by atomic mass is 10.1. The summed E-state index contributed by atoms with van der Waals surface area (Å²) in [4.78, 5) is 5.04. The van der Waals surface area contributed by atoms with Crippen LogP contribution in [0.25, 0.3) is 10.4 Å². The van der Waals surface area contributed by atoms with Crippen molar-refractivity contribution in [2.45, 2.75) is 13.0 Å². The van der Waals surface area contributed by atoms with Crippen LogP contribution in [0.3, 0.4) is 0 Å². The lowest BCUT2D eigenvalue weighted by Gasteiger charge is -2.18. The van der Waals surface area contributed by atoms with Crippen LogP contribution in [-0.2, 0) is 17.8 Å². The highest BCUT2D eigenvalue weighted by Gasteiger charge is 2.18. The van der Waals surface area contributed by atoms with E-state index in [1.54, 1.807) is 7.11 Å². The Morgan fingerprint density at radius 3 is 3.18 bits per heavy atom. The fourth-order valence-electron chi connectivity index (χ4n) is 2.22. The molecule has 0 aromatic heterocycles. The van der Waals surface area contributed by atoms with E-state index in [4.69, 9.17) is 10.3 Å². The number of rotatable bonds is 5. The van der Waals surface area contributed by atoms with Gasteiger partial charge in [0.25, 0.3) is 0 Å². The third kappa shape index (κ3) is 2.70. The zero-order valence-corrected chi connectivity index (χ0v) is 9.96. The second kappa shape index (κ2) is 5.57. The zero-order valence-electron chi connectivity index (χ0n) is 9.96. The number of nitrogens with zero attached hydrogens (tertiary/aromatic N) is 4. The molecule has 0 saturated carbocycles. The van der Waals surface area contributed by atoms with Gasteiger partial charge in [0.05, 0.1) is 6.61 Å². The molecular weight excluding hydrogens is 216 g/mol. The smallest absolute Gasteiger partial charge is 0.0713 e. The molecule has 0 amide bonds. The topological polar surface area (TPSA) is 61.2 Å². The van der Waals surface area contributed by atoms with E-state index in [1.807, 2.05) is 0 Å². The number of azide groups is 1. The van der Waals surface area contributed by atoms with Gasteiger partial charge >= 0.3 is 0 Å². The van der Waals surface area contributed by atoms with Crippen LogP contribution in [0.5, 0.6) is 0 Å². The highest BCUT2D eigenvalue weighted by atomic mass is 16.5. The van der Waals surface area contributed by atoms with Crippen molar-refractivity contribution in [3.63, 3.8) is 0 Å². The van der Waals surface area contributed by atoms with Gasteiger partial charge in [0.15, 0.2) is 0 Å². The minimum Gasteiger partial charge on any atom is -0.380 e. The van der Waals surface area contributed by atoms with Gasteiger partial charge in [-0.3, -0.25) is 0 Å². The van der Waals surface area contributed by atoms with Gasteiger partial charge in [0.1, 0.15) is 0 Å². The molecule has 0 atom stereocenters. The Kier molecular flexibility index (Phi) is 3.85. The normalized spacial score (nSPS) is 13.4. The molecule has 0 fully saturated rings. The van der Waals surface area contributed by atoms with Gasteiger partial charge in [-0.1, -0.05) is 17.2 Å². The molecular formula is C12H16N4O. The molecule has 1 aromatic carbocycles. The first-order valence-corrected chi connectivity index (χ1v) is 5.71. The van der Waals surface area contributed by atoms with Gasteiger partial charge < -0.3 is 9.64 Å². The summed E-state index contributed by atoms with van der Waals surface area (Å²) in [6, 6.07) is 6.42. The predicted molar refractivity (Wildman–Crippen MR) is 67.1 cm³/mol. The highest BCUT2D eigenvalue weighted by molar-refractivity contribution is 5.59. The van der Waals surface area contributed by atoms with E-state index in [0.717, 1.165) is 19.5 Å². The number of benzene rings is 1. The summed E-state index contributed by atoms with van der Waals surface area (Å²) in [5.41, 5.74) is 12.1. The molecule has 1 aromatic rings. The largest absolute Gasteiger partial charge is 0.380 e. The summed E-state index contributed by atoms with van der Waals surface area (Å²) in [5.74, 6) is 0. The van der Waals surface area contributed by atoms with E-state index >= 15 is 0 Å². The lowest BCUT2D eigenvalue weighted by molar-refractivity contribution is 0.185. The number of hydrogen-bond acceptors (Lipinski definition) is 3. The molecule has 17 heavy (non-hydrogen) atoms. The zero-order chi connectivity index (χ0) is 12.1. The van der Waals surface area contributed by atoms with E-state index < -0.39 is 0 Å². The Morgan fingerprint density at radius 2 is 2.41 bits per heavy atom. The van der Waals surface area contributed by atoms with Gasteiger partial charge in [0.2, 0.25) is 0 Å². The van der Waals surface area contributed by atoms with Crippen LogP contribution in [0, 0.1) is 0 Å². The second-order valence-electron chi connectivity index (χ2n) is 4.09. The highest BCUT2D eigenvalue weighted by Crippen LogP contribution is 2.28. The Labute approximate surface area is 101 Å². The van der Waals surface area contributed by atoms with E-state index in [1.165, 1.54) is 16.8 Å². The molecule has 90 valence electrons. The van der Waals surface area contributed by atoms with Crippen molar-refractivity contribution >= 4 is 5.69 Å². The molecule has 2 rings (SSSR count). The number of anilines is 1. The minimum atomic E-state index is 0.524. The van der Waals surface area contributed by atoms with E-state index in [-0.39, 0.29) is 0 Å². The average molecular weight is 232 g/mol. The number of methoxy groups -OCH3 is 1. The molecule has 0 radical (unpaired) electrons. The summed E-state index contributed by atoms with van der Waals surface area (Å²) < 4.78 is 5.13. The van der Waals surface area contributed by atoms with Crippen LogP contribution in [0.15, 0.2) is 23.3 Å². The van der Waals surface area contributed by atoms with E-state index in [0.29, 0.717) is 13.2 Å². The SMILES string of the molecule is COCc1ccc2c(c1)CCN2CCN=[N+]=[N-]. The van der Waals surface area contributed by atoms with Crippen LogP contribution in [0.2, 0.25) is 0 Å². The van der Waals surface area contributed by atoms with Crippen molar-refractivity contribution in [2.24, 2.45) is 5.11 Å². The third-order valence-electron chi connectivity index (χ3n) is 2.98. The summed E-state index contributed by atoms with van der Waals surface area (Å²) in [6.45, 7) is 2.98. The molecule has 1 heterocycles. The van der Waals surface area contributed by atoms with Gasteiger partial charge in [-0.15, -0.1) is 0 Å². The van der Waals surface area contributed by atoms with Crippen molar-refractivity contribution in [1.29, 1.82) is 0 Å². The monoisotopic (exact) mass is 232 g/mol. The Balaban J connectivity index is 2.07. The third-order valence-corrected chi connectivity index (χ3v) is 2.98. The average Bonchev–Trinajstić information content (AvgIpc) is 2.73. The molecule has 0 saturated heterocycles. The fourth-order valence-corrected chi connectivity index (χ4v) is 2.22. The molecule has 0 N–H and O–H groups in total. The first kappa shape index (κ1) is 11.8. The summed E-state index contributed by atoms with van der Waals surface area (Å²) >= 11 is 0. The molecule has 0 aliphatic carbocycles. The standard InChI is InChI=1S/C12H16N4O/c1-17-9-10-2-3-12-11(8-10)4-6-16(12)7-5-14-15-13/h2-3,8H,4-7,9H2,1H3. The van der Waals surface area contributed by atoms with Gasteiger partial charge in [0, 0.05) is 37.3 Å². The van der Waals surface area contributed by atoms with Crippen molar-refractivity contribution < 1.29 is 4.74 Å².